The van der Waals surface area contributed by atoms with Crippen molar-refractivity contribution in [3.8, 4) is 0 Å². The fourth-order valence-electron chi connectivity index (χ4n) is 5.35. The fraction of sp³-hybridized carbons (Fsp3) is 0.379. The zero-order valence-corrected chi connectivity index (χ0v) is 25.0. The van der Waals surface area contributed by atoms with Crippen LogP contribution in [0.25, 0.3) is 0 Å². The molecule has 3 heterocycles. The lowest BCUT2D eigenvalue weighted by Crippen LogP contribution is -2.53. The van der Waals surface area contributed by atoms with Gasteiger partial charge in [-0.05, 0) is 61.8 Å². The highest BCUT2D eigenvalue weighted by Crippen LogP contribution is 2.27. The predicted octanol–water partition coefficient (Wildman–Crippen LogP) is 6.39. The summed E-state index contributed by atoms with van der Waals surface area (Å²) in [5.41, 5.74) is 1.79. The lowest BCUT2D eigenvalue weighted by Gasteiger charge is -2.43. The number of benzene rings is 2. The Morgan fingerprint density at radius 1 is 0.975 bits per heavy atom. The molecule has 2 aliphatic heterocycles. The molecule has 2 aliphatic rings. The van der Waals surface area contributed by atoms with E-state index in [1.807, 2.05) is 12.1 Å². The Kier molecular flexibility index (Phi) is 9.58. The number of pyridine rings is 1. The van der Waals surface area contributed by atoms with Gasteiger partial charge in [0.05, 0.1) is 15.6 Å². The minimum absolute atomic E-state index is 0. The Labute approximate surface area is 252 Å². The van der Waals surface area contributed by atoms with Crippen LogP contribution in [0.5, 0.6) is 0 Å². The lowest BCUT2D eigenvalue weighted by atomic mass is 10.0. The third-order valence-electron chi connectivity index (χ3n) is 7.62. The first-order valence-corrected chi connectivity index (χ1v) is 14.8. The van der Waals surface area contributed by atoms with Crippen molar-refractivity contribution in [3.05, 3.63) is 91.5 Å². The molecule has 0 atom stereocenters. The predicted molar refractivity (Wildman–Crippen MR) is 160 cm³/mol. The Bertz CT molecular complexity index is 1370. The van der Waals surface area contributed by atoms with E-state index in [1.54, 1.807) is 12.1 Å². The Morgan fingerprint density at radius 3 is 2.40 bits per heavy atom. The second-order valence-electron chi connectivity index (χ2n) is 10.2. The normalized spacial score (nSPS) is 17.3. The molecule has 0 unspecified atom stereocenters. The first-order chi connectivity index (χ1) is 19.3. The van der Waals surface area contributed by atoms with Gasteiger partial charge in [0.1, 0.15) is 17.5 Å². The van der Waals surface area contributed by atoms with Gasteiger partial charge in [0.2, 0.25) is 0 Å². The molecule has 2 aromatic carbocycles. The third-order valence-corrected chi connectivity index (χ3v) is 8.68. The summed E-state index contributed by atoms with van der Waals surface area (Å²) in [5, 5.41) is 3.23. The topological polar surface area (TPSA) is 51.7 Å². The first kappa shape index (κ1) is 29.2. The van der Waals surface area contributed by atoms with E-state index in [-0.39, 0.29) is 24.7 Å². The summed E-state index contributed by atoms with van der Waals surface area (Å²) in [6, 6.07) is 11.7. The Hall–Kier alpha value is -2.30. The molecule has 214 valence electrons. The molecule has 5 rings (SSSR count). The van der Waals surface area contributed by atoms with E-state index >= 15 is 0 Å². The molecular weight excluding hydrogens is 623 g/mol. The smallest absolute Gasteiger partial charge is 0.253 e. The van der Waals surface area contributed by atoms with E-state index in [9.17, 15) is 13.6 Å². The maximum Gasteiger partial charge on any atom is 0.253 e. The van der Waals surface area contributed by atoms with Gasteiger partial charge in [-0.25, -0.2) is 13.8 Å². The van der Waals surface area contributed by atoms with E-state index < -0.39 is 5.82 Å². The maximum atomic E-state index is 14.2. The molecular formula is C29H32BrCl2F2N5O. The maximum absolute atomic E-state index is 14.2. The molecule has 2 saturated heterocycles. The molecule has 0 saturated carbocycles. The number of halogens is 5. The van der Waals surface area contributed by atoms with Gasteiger partial charge in [-0.15, -0.1) is 0 Å². The van der Waals surface area contributed by atoms with Gasteiger partial charge in [0.15, 0.2) is 0 Å². The van der Waals surface area contributed by atoms with Crippen molar-refractivity contribution in [3.63, 3.8) is 0 Å². The highest BCUT2D eigenvalue weighted by atomic mass is 79.9. The van der Waals surface area contributed by atoms with E-state index in [4.69, 9.17) is 23.2 Å². The zero-order valence-electron chi connectivity index (χ0n) is 21.9. The molecule has 2 fully saturated rings. The second-order valence-corrected chi connectivity index (χ2v) is 12.0. The van der Waals surface area contributed by atoms with Crippen LogP contribution in [0, 0.1) is 11.6 Å². The van der Waals surface area contributed by atoms with Crippen LogP contribution in [-0.4, -0.2) is 66.0 Å². The van der Waals surface area contributed by atoms with Crippen LogP contribution >= 0.6 is 39.1 Å². The van der Waals surface area contributed by atoms with Crippen molar-refractivity contribution < 1.29 is 15.0 Å². The standard InChI is InChI=1S/C29H30BrCl2F2N5O.H2/c30-22-3-2-20(27(34)15-22)18-37-7-5-23(6-8-37)38-9-11-39(12-10-38)28-25(32)14-21(17-35-28)29(40)36-16-19-1-4-26(33)24(31)13-19;/h1-4,13-15,17,23H,5-12,16,18H2,(H,36,40);1H. The van der Waals surface area contributed by atoms with Gasteiger partial charge < -0.3 is 10.2 Å². The molecule has 11 heteroatoms. The molecule has 0 aliphatic carbocycles. The number of nitrogens with one attached hydrogen (secondary N) is 1. The highest BCUT2D eigenvalue weighted by Gasteiger charge is 2.29. The average Bonchev–Trinajstić information content (AvgIpc) is 2.95. The van der Waals surface area contributed by atoms with Gasteiger partial charge in [0.25, 0.3) is 5.91 Å². The Balaban J connectivity index is 0.00000387. The van der Waals surface area contributed by atoms with Crippen molar-refractivity contribution in [2.75, 3.05) is 44.2 Å². The number of carbonyl (C=O) groups excluding carboxylic acids is 1. The summed E-state index contributed by atoms with van der Waals surface area (Å²) in [6.07, 6.45) is 3.65. The van der Waals surface area contributed by atoms with Gasteiger partial charge in [-0.1, -0.05) is 51.3 Å². The van der Waals surface area contributed by atoms with Crippen molar-refractivity contribution in [2.45, 2.75) is 32.0 Å². The summed E-state index contributed by atoms with van der Waals surface area (Å²) in [6.45, 7) is 6.16. The molecule has 3 aromatic rings. The van der Waals surface area contributed by atoms with Crippen LogP contribution in [0.15, 0.2) is 53.1 Å². The van der Waals surface area contributed by atoms with Crippen LogP contribution in [0.4, 0.5) is 14.6 Å². The Morgan fingerprint density at radius 2 is 1.73 bits per heavy atom. The molecule has 6 nitrogen and oxygen atoms in total. The van der Waals surface area contributed by atoms with Gasteiger partial charge in [0, 0.05) is 63.0 Å². The highest BCUT2D eigenvalue weighted by molar-refractivity contribution is 9.10. The first-order valence-electron chi connectivity index (χ1n) is 13.3. The van der Waals surface area contributed by atoms with Crippen LogP contribution in [0.1, 0.15) is 35.8 Å². The number of piperidine rings is 1. The van der Waals surface area contributed by atoms with Crippen LogP contribution in [-0.2, 0) is 13.1 Å². The molecule has 0 spiro atoms. The van der Waals surface area contributed by atoms with E-state index in [0.717, 1.165) is 62.1 Å². The van der Waals surface area contributed by atoms with Crippen molar-refractivity contribution in [1.29, 1.82) is 0 Å². The number of carbonyl (C=O) groups is 1. The van der Waals surface area contributed by atoms with E-state index in [2.05, 4.69) is 40.9 Å². The number of nitrogens with zero attached hydrogens (tertiary/aromatic N) is 4. The van der Waals surface area contributed by atoms with Gasteiger partial charge >= 0.3 is 0 Å². The number of rotatable bonds is 7. The van der Waals surface area contributed by atoms with Crippen molar-refractivity contribution >= 4 is 50.9 Å². The van der Waals surface area contributed by atoms with E-state index in [0.29, 0.717) is 34.6 Å². The van der Waals surface area contributed by atoms with Crippen LogP contribution < -0.4 is 10.2 Å². The van der Waals surface area contributed by atoms with Crippen LogP contribution in [0.3, 0.4) is 0 Å². The molecule has 1 aromatic heterocycles. The lowest BCUT2D eigenvalue weighted by molar-refractivity contribution is 0.0950. The molecule has 0 radical (unpaired) electrons. The molecule has 1 N–H and O–H groups in total. The SMILES string of the molecule is O=C(NCc1ccc(F)c(Cl)c1)c1cnc(N2CCN(C3CCN(Cc4ccc(Br)cc4F)CC3)CC2)c(Cl)c1.[HH]. The molecule has 40 heavy (non-hydrogen) atoms. The number of hydrogen-bond donors (Lipinski definition) is 1. The van der Waals surface area contributed by atoms with Crippen molar-refractivity contribution in [2.24, 2.45) is 0 Å². The quantitative estimate of drug-likeness (QED) is 0.320. The monoisotopic (exact) mass is 653 g/mol. The molecule has 0 bridgehead atoms. The number of anilines is 1. The fourth-order valence-corrected chi connectivity index (χ4v) is 6.18. The van der Waals surface area contributed by atoms with E-state index in [1.165, 1.54) is 24.4 Å². The second kappa shape index (κ2) is 13.1. The van der Waals surface area contributed by atoms with Crippen molar-refractivity contribution in [1.82, 2.24) is 20.1 Å². The summed E-state index contributed by atoms with van der Waals surface area (Å²) in [5.74, 6) is -0.307. The third kappa shape index (κ3) is 7.12. The molecule has 1 amide bonds. The largest absolute Gasteiger partial charge is 0.353 e. The summed E-state index contributed by atoms with van der Waals surface area (Å²) in [7, 11) is 0. The number of likely N-dealkylation sites (tertiary alicyclic amines) is 1. The zero-order chi connectivity index (χ0) is 28.2. The van der Waals surface area contributed by atoms with Crippen LogP contribution in [0.2, 0.25) is 10.0 Å². The summed E-state index contributed by atoms with van der Waals surface area (Å²) < 4.78 is 28.4. The minimum atomic E-state index is -0.500. The number of hydrogen-bond acceptors (Lipinski definition) is 5. The van der Waals surface area contributed by atoms with Gasteiger partial charge in [-0.3, -0.25) is 14.6 Å². The number of aromatic nitrogens is 1. The van der Waals surface area contributed by atoms with Gasteiger partial charge in [-0.2, -0.15) is 0 Å². The summed E-state index contributed by atoms with van der Waals surface area (Å²) in [4.78, 5) is 24.2. The average molecular weight is 655 g/mol. The summed E-state index contributed by atoms with van der Waals surface area (Å²) >= 11 is 15.7. The minimum Gasteiger partial charge on any atom is -0.353 e. The number of amides is 1. The number of piperazine rings is 1.